The molecule has 0 atom stereocenters. The van der Waals surface area contributed by atoms with E-state index < -0.39 is 10.0 Å². The van der Waals surface area contributed by atoms with E-state index in [0.717, 1.165) is 11.1 Å². The van der Waals surface area contributed by atoms with Crippen molar-refractivity contribution in [3.63, 3.8) is 0 Å². The largest absolute Gasteiger partial charge is 0.352 e. The molecule has 0 spiro atoms. The monoisotopic (exact) mass is 381 g/mol. The van der Waals surface area contributed by atoms with E-state index in [1.807, 2.05) is 19.9 Å². The van der Waals surface area contributed by atoms with Crippen molar-refractivity contribution in [2.45, 2.75) is 39.7 Å². The Kier molecular flexibility index (Phi) is 6.77. The van der Waals surface area contributed by atoms with E-state index in [1.54, 1.807) is 19.1 Å². The minimum atomic E-state index is -3.17. The predicted octanol–water partition coefficient (Wildman–Crippen LogP) is 0.964. The molecule has 0 radical (unpaired) electrons. The lowest BCUT2D eigenvalue weighted by Gasteiger charge is -2.31. The summed E-state index contributed by atoms with van der Waals surface area (Å²) in [6.45, 7) is 6.19. The van der Waals surface area contributed by atoms with Gasteiger partial charge in [0.25, 0.3) is 5.91 Å². The van der Waals surface area contributed by atoms with Gasteiger partial charge in [-0.1, -0.05) is 17.2 Å². The highest BCUT2D eigenvalue weighted by Gasteiger charge is 2.27. The molecule has 0 aromatic heterocycles. The zero-order valence-corrected chi connectivity index (χ0v) is 16.4. The fourth-order valence-electron chi connectivity index (χ4n) is 3.11. The van der Waals surface area contributed by atoms with Crippen molar-refractivity contribution in [3.8, 4) is 0 Å². The Morgan fingerprint density at radius 3 is 2.23 bits per heavy atom. The Balaban J connectivity index is 1.78. The zero-order chi connectivity index (χ0) is 19.3. The first-order valence-corrected chi connectivity index (χ1v) is 10.5. The first kappa shape index (κ1) is 20.4. The number of benzene rings is 1. The van der Waals surface area contributed by atoms with Gasteiger partial charge in [0, 0.05) is 24.7 Å². The predicted molar refractivity (Wildman–Crippen MR) is 100 cm³/mol. The molecule has 0 unspecified atom stereocenters. The Hall–Kier alpha value is -1.93. The van der Waals surface area contributed by atoms with Gasteiger partial charge in [0.15, 0.2) is 0 Å². The molecule has 144 valence electrons. The van der Waals surface area contributed by atoms with Crippen molar-refractivity contribution in [1.82, 2.24) is 14.9 Å². The number of sulfonamides is 1. The molecular weight excluding hydrogens is 354 g/mol. The topological polar surface area (TPSA) is 95.6 Å². The van der Waals surface area contributed by atoms with Crippen LogP contribution in [0.1, 0.15) is 41.3 Å². The summed E-state index contributed by atoms with van der Waals surface area (Å²) in [5.41, 5.74) is 2.52. The average molecular weight is 381 g/mol. The van der Waals surface area contributed by atoms with E-state index >= 15 is 0 Å². The van der Waals surface area contributed by atoms with Gasteiger partial charge in [-0.25, -0.2) is 12.7 Å². The third kappa shape index (κ3) is 5.54. The number of carbonyl (C=O) groups excluding carboxylic acids is 2. The highest BCUT2D eigenvalue weighted by Crippen LogP contribution is 2.14. The minimum Gasteiger partial charge on any atom is -0.352 e. The van der Waals surface area contributed by atoms with E-state index in [4.69, 9.17) is 0 Å². The lowest BCUT2D eigenvalue weighted by molar-refractivity contribution is -0.121. The van der Waals surface area contributed by atoms with Crippen molar-refractivity contribution in [2.75, 3.05) is 25.4 Å². The van der Waals surface area contributed by atoms with Gasteiger partial charge in [0.1, 0.15) is 0 Å². The lowest BCUT2D eigenvalue weighted by atomic mass is 10.1. The number of aryl methyl sites for hydroxylation is 2. The van der Waals surface area contributed by atoms with E-state index in [2.05, 4.69) is 10.6 Å². The molecule has 1 aromatic rings. The van der Waals surface area contributed by atoms with Crippen molar-refractivity contribution in [1.29, 1.82) is 0 Å². The number of nitrogens with one attached hydrogen (secondary N) is 2. The van der Waals surface area contributed by atoms with E-state index in [-0.39, 0.29) is 30.2 Å². The van der Waals surface area contributed by atoms with Crippen LogP contribution in [0.2, 0.25) is 0 Å². The smallest absolute Gasteiger partial charge is 0.251 e. The summed E-state index contributed by atoms with van der Waals surface area (Å²) in [4.78, 5) is 24.2. The Labute approximate surface area is 155 Å². The maximum atomic E-state index is 12.2. The highest BCUT2D eigenvalue weighted by molar-refractivity contribution is 7.89. The quantitative estimate of drug-likeness (QED) is 0.767. The van der Waals surface area contributed by atoms with Crippen LogP contribution in [-0.2, 0) is 14.8 Å². The third-order valence-electron chi connectivity index (χ3n) is 4.47. The van der Waals surface area contributed by atoms with Crippen LogP contribution >= 0.6 is 0 Å². The van der Waals surface area contributed by atoms with Crippen LogP contribution in [0.25, 0.3) is 0 Å². The van der Waals surface area contributed by atoms with Gasteiger partial charge in [-0.15, -0.1) is 0 Å². The molecule has 0 bridgehead atoms. The van der Waals surface area contributed by atoms with Gasteiger partial charge >= 0.3 is 0 Å². The normalized spacial score (nSPS) is 16.3. The molecule has 1 aromatic carbocycles. The summed E-state index contributed by atoms with van der Waals surface area (Å²) in [6, 6.07) is 5.48. The van der Waals surface area contributed by atoms with Crippen molar-refractivity contribution >= 4 is 21.8 Å². The van der Waals surface area contributed by atoms with Crippen LogP contribution in [-0.4, -0.2) is 56.0 Å². The van der Waals surface area contributed by atoms with Gasteiger partial charge in [-0.2, -0.15) is 0 Å². The second kappa shape index (κ2) is 8.64. The van der Waals surface area contributed by atoms with Crippen molar-refractivity contribution in [2.24, 2.45) is 0 Å². The van der Waals surface area contributed by atoms with Crippen LogP contribution in [0.4, 0.5) is 0 Å². The standard InChI is InChI=1S/C18H27N3O4S/c1-4-26(24,25)21-7-5-16(6-8-21)20-17(22)12-19-18(23)15-10-13(2)9-14(3)11-15/h9-11,16H,4-8,12H2,1-3H3,(H,19,23)(H,20,22). The van der Waals surface area contributed by atoms with Crippen LogP contribution in [0.5, 0.6) is 0 Å². The lowest BCUT2D eigenvalue weighted by Crippen LogP contribution is -2.48. The van der Waals surface area contributed by atoms with Gasteiger partial charge in [-0.3, -0.25) is 9.59 Å². The molecule has 1 aliphatic heterocycles. The van der Waals surface area contributed by atoms with Crippen molar-refractivity contribution < 1.29 is 18.0 Å². The third-order valence-corrected chi connectivity index (χ3v) is 6.35. The second-order valence-corrected chi connectivity index (χ2v) is 8.96. The van der Waals surface area contributed by atoms with Gasteiger partial charge in [0.05, 0.1) is 12.3 Å². The molecule has 2 N–H and O–H groups in total. The van der Waals surface area contributed by atoms with Gasteiger partial charge < -0.3 is 10.6 Å². The molecule has 2 amide bonds. The SMILES string of the molecule is CCS(=O)(=O)N1CCC(NC(=O)CNC(=O)c2cc(C)cc(C)c2)CC1. The van der Waals surface area contributed by atoms with E-state index in [0.29, 0.717) is 31.5 Å². The van der Waals surface area contributed by atoms with Gasteiger partial charge in [-0.05, 0) is 45.7 Å². The average Bonchev–Trinajstić information content (AvgIpc) is 2.59. The molecule has 8 heteroatoms. The maximum Gasteiger partial charge on any atom is 0.251 e. The fraction of sp³-hybridized carbons (Fsp3) is 0.556. The Bertz CT molecular complexity index is 748. The highest BCUT2D eigenvalue weighted by atomic mass is 32.2. The summed E-state index contributed by atoms with van der Waals surface area (Å²) < 4.78 is 25.1. The molecular formula is C18H27N3O4S. The molecule has 1 fully saturated rings. The minimum absolute atomic E-state index is 0.0658. The number of hydrogen-bond acceptors (Lipinski definition) is 4. The molecule has 1 saturated heterocycles. The molecule has 0 aliphatic carbocycles. The number of nitrogens with zero attached hydrogens (tertiary/aromatic N) is 1. The first-order chi connectivity index (χ1) is 12.2. The maximum absolute atomic E-state index is 12.2. The summed E-state index contributed by atoms with van der Waals surface area (Å²) >= 11 is 0. The number of carbonyl (C=O) groups is 2. The van der Waals surface area contributed by atoms with E-state index in [9.17, 15) is 18.0 Å². The van der Waals surface area contributed by atoms with Crippen molar-refractivity contribution in [3.05, 3.63) is 34.9 Å². The number of hydrogen-bond donors (Lipinski definition) is 2. The number of rotatable bonds is 6. The van der Waals surface area contributed by atoms with Crippen LogP contribution in [0, 0.1) is 13.8 Å². The second-order valence-electron chi connectivity index (χ2n) is 6.70. The summed E-state index contributed by atoms with van der Waals surface area (Å²) in [6.07, 6.45) is 1.16. The first-order valence-electron chi connectivity index (χ1n) is 8.85. The Morgan fingerprint density at radius 1 is 1.12 bits per heavy atom. The van der Waals surface area contributed by atoms with Crippen LogP contribution in [0.3, 0.4) is 0 Å². The molecule has 1 aliphatic rings. The summed E-state index contributed by atoms with van der Waals surface area (Å²) in [5.74, 6) is -0.454. The summed E-state index contributed by atoms with van der Waals surface area (Å²) in [5, 5.41) is 5.49. The zero-order valence-electron chi connectivity index (χ0n) is 15.5. The van der Waals surface area contributed by atoms with E-state index in [1.165, 1.54) is 4.31 Å². The van der Waals surface area contributed by atoms with Gasteiger partial charge in [0.2, 0.25) is 15.9 Å². The number of piperidine rings is 1. The van der Waals surface area contributed by atoms with Crippen LogP contribution < -0.4 is 10.6 Å². The molecule has 26 heavy (non-hydrogen) atoms. The number of amides is 2. The molecule has 2 rings (SSSR count). The molecule has 1 heterocycles. The Morgan fingerprint density at radius 2 is 1.69 bits per heavy atom. The summed E-state index contributed by atoms with van der Waals surface area (Å²) in [7, 11) is -3.17. The van der Waals surface area contributed by atoms with Crippen LogP contribution in [0.15, 0.2) is 18.2 Å². The molecule has 7 nitrogen and oxygen atoms in total. The molecule has 0 saturated carbocycles. The fourth-order valence-corrected chi connectivity index (χ4v) is 4.24.